The fraction of sp³-hybridized carbons (Fsp3) is 0.312. The number of halogens is 1. The molecule has 25 heavy (non-hydrogen) atoms. The summed E-state index contributed by atoms with van der Waals surface area (Å²) in [6, 6.07) is 4.54. The maximum absolute atomic E-state index is 14.1. The Kier molecular flexibility index (Phi) is 6.43. The van der Waals surface area contributed by atoms with Crippen molar-refractivity contribution in [3.05, 3.63) is 34.5 Å². The van der Waals surface area contributed by atoms with Gasteiger partial charge in [-0.05, 0) is 12.1 Å². The minimum absolute atomic E-state index is 0.0359. The van der Waals surface area contributed by atoms with Gasteiger partial charge in [0, 0.05) is 29.8 Å². The van der Waals surface area contributed by atoms with Crippen molar-refractivity contribution in [1.29, 1.82) is 0 Å². The Morgan fingerprint density at radius 3 is 2.68 bits per heavy atom. The summed E-state index contributed by atoms with van der Waals surface area (Å²) in [7, 11) is 2.87. The Balaban J connectivity index is 2.11. The molecule has 0 fully saturated rings. The van der Waals surface area contributed by atoms with Crippen molar-refractivity contribution in [2.75, 3.05) is 27.3 Å². The summed E-state index contributed by atoms with van der Waals surface area (Å²) in [4.78, 5) is 35.1. The summed E-state index contributed by atoms with van der Waals surface area (Å²) in [5.41, 5.74) is 0.386. The molecule has 2 N–H and O–H groups in total. The van der Waals surface area contributed by atoms with E-state index in [0.717, 1.165) is 11.3 Å². The Labute approximate surface area is 147 Å². The number of hydrogen-bond donors (Lipinski definition) is 2. The van der Waals surface area contributed by atoms with Crippen LogP contribution in [0.2, 0.25) is 0 Å². The van der Waals surface area contributed by atoms with Crippen molar-refractivity contribution in [2.45, 2.75) is 6.61 Å². The van der Waals surface area contributed by atoms with Crippen LogP contribution in [0.3, 0.4) is 0 Å². The van der Waals surface area contributed by atoms with Crippen LogP contribution in [0, 0.1) is 5.82 Å². The van der Waals surface area contributed by atoms with Crippen molar-refractivity contribution >= 4 is 39.2 Å². The number of fused-ring (bicyclic) bond motifs is 1. The number of ether oxygens (including phenoxy) is 2. The van der Waals surface area contributed by atoms with Crippen molar-refractivity contribution in [3.8, 4) is 0 Å². The zero-order valence-electron chi connectivity index (χ0n) is 13.7. The zero-order chi connectivity index (χ0) is 18.4. The van der Waals surface area contributed by atoms with Crippen LogP contribution < -0.4 is 10.6 Å². The molecule has 1 aromatic carbocycles. The van der Waals surface area contributed by atoms with Crippen LogP contribution in [0.4, 0.5) is 4.39 Å². The molecule has 1 aromatic heterocycles. The van der Waals surface area contributed by atoms with Gasteiger partial charge in [-0.25, -0.2) is 9.18 Å². The molecule has 2 aromatic rings. The molecule has 0 radical (unpaired) electrons. The van der Waals surface area contributed by atoms with E-state index in [1.54, 1.807) is 12.1 Å². The monoisotopic (exact) mass is 368 g/mol. The number of thiophene rings is 1. The lowest BCUT2D eigenvalue weighted by molar-refractivity contribution is -0.127. The first-order chi connectivity index (χ1) is 12.0. The number of amides is 2. The minimum atomic E-state index is -0.747. The van der Waals surface area contributed by atoms with Gasteiger partial charge in [0.2, 0.25) is 5.91 Å². The molecule has 1 heterocycles. The second kappa shape index (κ2) is 8.54. The van der Waals surface area contributed by atoms with E-state index in [1.807, 2.05) is 0 Å². The third kappa shape index (κ3) is 4.52. The van der Waals surface area contributed by atoms with Crippen LogP contribution >= 0.6 is 11.3 Å². The van der Waals surface area contributed by atoms with Gasteiger partial charge >= 0.3 is 5.97 Å². The number of benzene rings is 1. The van der Waals surface area contributed by atoms with Crippen molar-refractivity contribution in [2.24, 2.45) is 0 Å². The highest BCUT2D eigenvalue weighted by Gasteiger charge is 2.22. The lowest BCUT2D eigenvalue weighted by Crippen LogP contribution is -2.37. The van der Waals surface area contributed by atoms with Crippen molar-refractivity contribution < 1.29 is 28.2 Å². The van der Waals surface area contributed by atoms with E-state index >= 15 is 0 Å². The van der Waals surface area contributed by atoms with Crippen LogP contribution in [-0.2, 0) is 25.7 Å². The number of esters is 1. The Morgan fingerprint density at radius 1 is 1.24 bits per heavy atom. The topological polar surface area (TPSA) is 93.7 Å². The van der Waals surface area contributed by atoms with Gasteiger partial charge in [0.05, 0.1) is 13.2 Å². The van der Waals surface area contributed by atoms with Crippen LogP contribution in [0.15, 0.2) is 18.2 Å². The summed E-state index contributed by atoms with van der Waals surface area (Å²) in [6.07, 6.45) is 0. The van der Waals surface area contributed by atoms with Gasteiger partial charge in [0.1, 0.15) is 10.7 Å². The summed E-state index contributed by atoms with van der Waals surface area (Å²) in [5, 5.41) is 4.96. The average Bonchev–Trinajstić information content (AvgIpc) is 2.97. The molecular formula is C16H17FN2O5S. The number of rotatable bonds is 7. The quantitative estimate of drug-likeness (QED) is 0.717. The standard InChI is InChI=1S/C16H17FN2O5S/c1-18-12(20)6-19-13(21)8-24-16(22)15-9(7-23-2)14-10(17)4-3-5-11(14)25-15/h3-5H,6-8H2,1-2H3,(H,18,20)(H,19,21). The molecule has 0 unspecified atom stereocenters. The number of nitrogens with one attached hydrogen (secondary N) is 2. The van der Waals surface area contributed by atoms with Gasteiger partial charge < -0.3 is 20.1 Å². The highest BCUT2D eigenvalue weighted by molar-refractivity contribution is 7.21. The molecule has 0 saturated carbocycles. The van der Waals surface area contributed by atoms with Gasteiger partial charge in [-0.1, -0.05) is 6.07 Å². The summed E-state index contributed by atoms with van der Waals surface area (Å²) in [6.45, 7) is -0.719. The van der Waals surface area contributed by atoms with Gasteiger partial charge in [-0.15, -0.1) is 11.3 Å². The van der Waals surface area contributed by atoms with Crippen molar-refractivity contribution in [1.82, 2.24) is 10.6 Å². The Hall–Kier alpha value is -2.52. The summed E-state index contributed by atoms with van der Waals surface area (Å²) in [5.74, 6) is -2.19. The second-order valence-electron chi connectivity index (χ2n) is 4.98. The van der Waals surface area contributed by atoms with Gasteiger partial charge in [-0.2, -0.15) is 0 Å². The van der Waals surface area contributed by atoms with Gasteiger partial charge in [0.15, 0.2) is 6.61 Å². The normalized spacial score (nSPS) is 10.5. The molecule has 134 valence electrons. The van der Waals surface area contributed by atoms with E-state index in [-0.39, 0.29) is 23.9 Å². The molecule has 0 spiro atoms. The van der Waals surface area contributed by atoms with Crippen LogP contribution in [-0.4, -0.2) is 45.1 Å². The molecular weight excluding hydrogens is 351 g/mol. The van der Waals surface area contributed by atoms with Crippen LogP contribution in [0.1, 0.15) is 15.2 Å². The minimum Gasteiger partial charge on any atom is -0.451 e. The largest absolute Gasteiger partial charge is 0.451 e. The molecule has 0 aliphatic rings. The fourth-order valence-corrected chi connectivity index (χ4v) is 3.24. The van der Waals surface area contributed by atoms with Crippen molar-refractivity contribution in [3.63, 3.8) is 0 Å². The molecule has 0 saturated heterocycles. The van der Waals surface area contributed by atoms with E-state index < -0.39 is 24.3 Å². The highest BCUT2D eigenvalue weighted by atomic mass is 32.1. The highest BCUT2D eigenvalue weighted by Crippen LogP contribution is 2.34. The molecule has 0 aliphatic carbocycles. The first kappa shape index (κ1) is 18.8. The fourth-order valence-electron chi connectivity index (χ4n) is 2.13. The molecule has 9 heteroatoms. The molecule has 0 atom stereocenters. The van der Waals surface area contributed by atoms with E-state index in [4.69, 9.17) is 9.47 Å². The lowest BCUT2D eigenvalue weighted by Gasteiger charge is -2.07. The van der Waals surface area contributed by atoms with Crippen LogP contribution in [0.5, 0.6) is 0 Å². The zero-order valence-corrected chi connectivity index (χ0v) is 14.5. The predicted molar refractivity (Wildman–Crippen MR) is 89.9 cm³/mol. The molecule has 7 nitrogen and oxygen atoms in total. The number of likely N-dealkylation sites (N-methyl/N-ethyl adjacent to an activating group) is 1. The van der Waals surface area contributed by atoms with Gasteiger partial charge in [0.25, 0.3) is 5.91 Å². The average molecular weight is 368 g/mol. The lowest BCUT2D eigenvalue weighted by atomic mass is 10.1. The first-order valence-corrected chi connectivity index (χ1v) is 8.12. The van der Waals surface area contributed by atoms with Gasteiger partial charge in [-0.3, -0.25) is 9.59 Å². The number of carbonyl (C=O) groups is 3. The van der Waals surface area contributed by atoms with E-state index in [2.05, 4.69) is 10.6 Å². The second-order valence-corrected chi connectivity index (χ2v) is 6.03. The maximum Gasteiger partial charge on any atom is 0.349 e. The smallest absolute Gasteiger partial charge is 0.349 e. The Bertz CT molecular complexity index is 805. The maximum atomic E-state index is 14.1. The summed E-state index contributed by atoms with van der Waals surface area (Å²) < 4.78 is 24.7. The van der Waals surface area contributed by atoms with Crippen LogP contribution in [0.25, 0.3) is 10.1 Å². The number of carbonyl (C=O) groups excluding carboxylic acids is 3. The molecule has 0 bridgehead atoms. The third-order valence-corrected chi connectivity index (χ3v) is 4.47. The van der Waals surface area contributed by atoms with E-state index in [0.29, 0.717) is 15.6 Å². The molecule has 2 amide bonds. The van der Waals surface area contributed by atoms with E-state index in [9.17, 15) is 18.8 Å². The molecule has 0 aliphatic heterocycles. The summed E-state index contributed by atoms with van der Waals surface area (Å²) >= 11 is 1.07. The molecule has 2 rings (SSSR count). The third-order valence-electron chi connectivity index (χ3n) is 3.30. The predicted octanol–water partition coefficient (Wildman–Crippen LogP) is 1.21. The Morgan fingerprint density at radius 2 is 2.00 bits per heavy atom. The number of hydrogen-bond acceptors (Lipinski definition) is 6. The van der Waals surface area contributed by atoms with E-state index in [1.165, 1.54) is 20.2 Å². The SMILES string of the molecule is CNC(=O)CNC(=O)COC(=O)c1sc2cccc(F)c2c1COC. The number of methoxy groups -OCH3 is 1. The first-order valence-electron chi connectivity index (χ1n) is 7.31.